The third-order valence-electron chi connectivity index (χ3n) is 4.46. The molecule has 0 unspecified atom stereocenters. The highest BCUT2D eigenvalue weighted by atomic mass is 15.0. The zero-order valence-electron chi connectivity index (χ0n) is 17.0. The summed E-state index contributed by atoms with van der Waals surface area (Å²) in [6.07, 6.45) is 4.29. The summed E-state index contributed by atoms with van der Waals surface area (Å²) in [5.41, 5.74) is 4.00. The molecule has 0 aliphatic heterocycles. The number of hydrogen-bond acceptors (Lipinski definition) is 0. The number of rotatable bonds is 2. The first-order valence-electron chi connectivity index (χ1n) is 9.71. The van der Waals surface area contributed by atoms with E-state index in [0.29, 0.717) is 6.04 Å². The molecule has 0 N–H and O–H groups in total. The van der Waals surface area contributed by atoms with E-state index < -0.39 is 0 Å². The predicted molar refractivity (Wildman–Crippen MR) is 116 cm³/mol. The van der Waals surface area contributed by atoms with Gasteiger partial charge in [0.15, 0.2) is 0 Å². The Labute approximate surface area is 158 Å². The topological polar surface area (TPSA) is 9.86 Å². The van der Waals surface area contributed by atoms with Crippen molar-refractivity contribution in [1.29, 1.82) is 0 Å². The molecule has 0 spiro atoms. The van der Waals surface area contributed by atoms with E-state index >= 15 is 0 Å². The zero-order valence-corrected chi connectivity index (χ0v) is 17.0. The van der Waals surface area contributed by atoms with Crippen LogP contribution in [0.25, 0.3) is 21.8 Å². The molecule has 2 heteroatoms. The fourth-order valence-electron chi connectivity index (χ4n) is 3.12. The lowest BCUT2D eigenvalue weighted by Gasteiger charge is -2.08. The quantitative estimate of drug-likeness (QED) is 0.362. The Hall–Kier alpha value is -2.48. The average Bonchev–Trinajstić information content (AvgIpc) is 3.27. The normalized spacial score (nSPS) is 10.4. The smallest absolute Gasteiger partial charge is 0.0482 e. The Bertz CT molecular complexity index is 941. The summed E-state index contributed by atoms with van der Waals surface area (Å²) in [7, 11) is 0. The Balaban J connectivity index is 0.000000171. The van der Waals surface area contributed by atoms with E-state index in [9.17, 15) is 0 Å². The summed E-state index contributed by atoms with van der Waals surface area (Å²) in [5.74, 6) is 0. The SMILES string of the molecule is CC.CC(C)n1ccc2ccccc21.CCn1ccc2ccc(C)cc21. The summed E-state index contributed by atoms with van der Waals surface area (Å²) in [5, 5.41) is 2.66. The fourth-order valence-corrected chi connectivity index (χ4v) is 3.12. The summed E-state index contributed by atoms with van der Waals surface area (Å²) in [6, 6.07) is 19.9. The lowest BCUT2D eigenvalue weighted by molar-refractivity contribution is 0.623. The first-order valence-corrected chi connectivity index (χ1v) is 9.71. The molecule has 4 aromatic rings. The molecule has 0 radical (unpaired) electrons. The van der Waals surface area contributed by atoms with Crippen molar-refractivity contribution in [2.24, 2.45) is 0 Å². The number of aryl methyl sites for hydroxylation is 2. The van der Waals surface area contributed by atoms with Crippen LogP contribution in [0.3, 0.4) is 0 Å². The molecule has 2 aromatic heterocycles. The van der Waals surface area contributed by atoms with Crippen molar-refractivity contribution in [1.82, 2.24) is 9.13 Å². The minimum absolute atomic E-state index is 0.546. The predicted octanol–water partition coefficient (Wildman–Crippen LogP) is 7.22. The standard InChI is InChI=1S/2C11H13N.C2H6/c1-9(2)12-8-7-10-5-3-4-6-11(10)12;1-3-12-7-6-10-5-4-9(2)8-11(10)12;1-2/h3-9H,1-2H3;4-8H,3H2,1-2H3;1-2H3. The van der Waals surface area contributed by atoms with Crippen molar-refractivity contribution >= 4 is 21.8 Å². The van der Waals surface area contributed by atoms with Crippen molar-refractivity contribution in [2.75, 3.05) is 0 Å². The van der Waals surface area contributed by atoms with Gasteiger partial charge in [0.25, 0.3) is 0 Å². The number of para-hydroxylation sites is 1. The minimum Gasteiger partial charge on any atom is -0.348 e. The number of fused-ring (bicyclic) bond motifs is 2. The average molecular weight is 349 g/mol. The van der Waals surface area contributed by atoms with E-state index in [1.54, 1.807) is 0 Å². The van der Waals surface area contributed by atoms with E-state index in [1.165, 1.54) is 27.4 Å². The van der Waals surface area contributed by atoms with Gasteiger partial charge in [0, 0.05) is 36.0 Å². The molecule has 0 aliphatic rings. The maximum Gasteiger partial charge on any atom is 0.0482 e. The van der Waals surface area contributed by atoms with Gasteiger partial charge in [-0.15, -0.1) is 0 Å². The van der Waals surface area contributed by atoms with Crippen LogP contribution in [0.15, 0.2) is 67.0 Å². The van der Waals surface area contributed by atoms with Crippen molar-refractivity contribution in [3.8, 4) is 0 Å². The van der Waals surface area contributed by atoms with Crippen LogP contribution in [0.4, 0.5) is 0 Å². The van der Waals surface area contributed by atoms with Crippen LogP contribution in [-0.2, 0) is 6.54 Å². The maximum absolute atomic E-state index is 2.29. The molecule has 0 saturated carbocycles. The Morgan fingerprint density at radius 1 is 0.808 bits per heavy atom. The van der Waals surface area contributed by atoms with Crippen molar-refractivity contribution in [3.05, 3.63) is 72.6 Å². The zero-order chi connectivity index (χ0) is 19.1. The van der Waals surface area contributed by atoms with Crippen LogP contribution in [-0.4, -0.2) is 9.13 Å². The van der Waals surface area contributed by atoms with Crippen LogP contribution in [0.2, 0.25) is 0 Å². The summed E-state index contributed by atoms with van der Waals surface area (Å²) in [6.45, 7) is 13.8. The second-order valence-electron chi connectivity index (χ2n) is 6.54. The first-order chi connectivity index (χ1) is 12.6. The van der Waals surface area contributed by atoms with Gasteiger partial charge in [-0.1, -0.05) is 44.2 Å². The first kappa shape index (κ1) is 19.8. The van der Waals surface area contributed by atoms with Crippen LogP contribution < -0.4 is 0 Å². The highest BCUT2D eigenvalue weighted by molar-refractivity contribution is 5.81. The molecule has 2 nitrogen and oxygen atoms in total. The molecular weight excluding hydrogens is 316 g/mol. The molecule has 26 heavy (non-hydrogen) atoms. The van der Waals surface area contributed by atoms with E-state index in [4.69, 9.17) is 0 Å². The van der Waals surface area contributed by atoms with Gasteiger partial charge in [0.1, 0.15) is 0 Å². The molecule has 0 saturated heterocycles. The number of nitrogens with zero attached hydrogens (tertiary/aromatic N) is 2. The van der Waals surface area contributed by atoms with Gasteiger partial charge in [0.2, 0.25) is 0 Å². The summed E-state index contributed by atoms with van der Waals surface area (Å²) >= 11 is 0. The summed E-state index contributed by atoms with van der Waals surface area (Å²) < 4.78 is 4.55. The second kappa shape index (κ2) is 9.28. The third-order valence-corrected chi connectivity index (χ3v) is 4.46. The van der Waals surface area contributed by atoms with E-state index in [0.717, 1.165) is 6.54 Å². The number of aromatic nitrogens is 2. The van der Waals surface area contributed by atoms with Gasteiger partial charge < -0.3 is 9.13 Å². The minimum atomic E-state index is 0.546. The highest BCUT2D eigenvalue weighted by Gasteiger charge is 2.01. The number of benzene rings is 2. The van der Waals surface area contributed by atoms with E-state index in [2.05, 4.69) is 104 Å². The van der Waals surface area contributed by atoms with Crippen LogP contribution in [0.1, 0.15) is 46.2 Å². The van der Waals surface area contributed by atoms with E-state index in [-0.39, 0.29) is 0 Å². The van der Waals surface area contributed by atoms with Gasteiger partial charge in [-0.25, -0.2) is 0 Å². The lowest BCUT2D eigenvalue weighted by Crippen LogP contribution is -1.97. The molecule has 4 rings (SSSR count). The van der Waals surface area contributed by atoms with Crippen LogP contribution >= 0.6 is 0 Å². The highest BCUT2D eigenvalue weighted by Crippen LogP contribution is 2.19. The van der Waals surface area contributed by atoms with Gasteiger partial charge in [-0.2, -0.15) is 0 Å². The molecule has 0 bridgehead atoms. The molecule has 2 heterocycles. The van der Waals surface area contributed by atoms with Gasteiger partial charge in [0.05, 0.1) is 0 Å². The van der Waals surface area contributed by atoms with Gasteiger partial charge >= 0.3 is 0 Å². The Morgan fingerprint density at radius 2 is 1.46 bits per heavy atom. The molecule has 0 atom stereocenters. The molecule has 2 aromatic carbocycles. The van der Waals surface area contributed by atoms with Crippen LogP contribution in [0, 0.1) is 6.92 Å². The largest absolute Gasteiger partial charge is 0.348 e. The number of hydrogen-bond donors (Lipinski definition) is 0. The molecule has 0 fully saturated rings. The van der Waals surface area contributed by atoms with Crippen molar-refractivity contribution in [3.63, 3.8) is 0 Å². The molecule has 0 aliphatic carbocycles. The Kier molecular flexibility index (Phi) is 7.08. The third kappa shape index (κ3) is 4.37. The molecular formula is C24H32N2. The van der Waals surface area contributed by atoms with Gasteiger partial charge in [-0.05, 0) is 68.3 Å². The van der Waals surface area contributed by atoms with Crippen LogP contribution in [0.5, 0.6) is 0 Å². The van der Waals surface area contributed by atoms with Crippen molar-refractivity contribution in [2.45, 2.75) is 54.1 Å². The monoisotopic (exact) mass is 348 g/mol. The molecule has 138 valence electrons. The van der Waals surface area contributed by atoms with E-state index in [1.807, 2.05) is 13.8 Å². The molecule has 0 amide bonds. The Morgan fingerprint density at radius 3 is 2.15 bits per heavy atom. The lowest BCUT2D eigenvalue weighted by atomic mass is 10.2. The van der Waals surface area contributed by atoms with Gasteiger partial charge in [-0.3, -0.25) is 0 Å². The maximum atomic E-state index is 2.29. The fraction of sp³-hybridized carbons (Fsp3) is 0.333. The summed E-state index contributed by atoms with van der Waals surface area (Å²) in [4.78, 5) is 0. The second-order valence-corrected chi connectivity index (χ2v) is 6.54. The van der Waals surface area contributed by atoms with Crippen molar-refractivity contribution < 1.29 is 0 Å².